The number of anilines is 1. The summed E-state index contributed by atoms with van der Waals surface area (Å²) >= 11 is 0. The number of nitrogens with zero attached hydrogens (tertiary/aromatic N) is 2. The molecule has 2 aromatic carbocycles. The fraction of sp³-hybridized carbons (Fsp3) is 0.300. The summed E-state index contributed by atoms with van der Waals surface area (Å²) < 4.78 is 13.2. The molecule has 1 aliphatic heterocycles. The van der Waals surface area contributed by atoms with Gasteiger partial charge < -0.3 is 10.2 Å². The quantitative estimate of drug-likeness (QED) is 0.881. The summed E-state index contributed by atoms with van der Waals surface area (Å²) in [5.74, 6) is -0.0626. The molecule has 0 aliphatic carbocycles. The first-order chi connectivity index (χ1) is 12.2. The van der Waals surface area contributed by atoms with Gasteiger partial charge in [-0.2, -0.15) is 5.26 Å². The lowest BCUT2D eigenvalue weighted by atomic mass is 10.1. The van der Waals surface area contributed by atoms with Crippen LogP contribution in [0.1, 0.15) is 17.5 Å². The fourth-order valence-electron chi connectivity index (χ4n) is 3.13. The van der Waals surface area contributed by atoms with Gasteiger partial charge in [0, 0.05) is 32.0 Å². The molecule has 0 radical (unpaired) electrons. The highest BCUT2D eigenvalue weighted by molar-refractivity contribution is 5.78. The Bertz CT molecular complexity index is 785. The van der Waals surface area contributed by atoms with Gasteiger partial charge in [0.15, 0.2) is 0 Å². The van der Waals surface area contributed by atoms with Crippen molar-refractivity contribution < 1.29 is 9.18 Å². The summed E-state index contributed by atoms with van der Waals surface area (Å²) in [4.78, 5) is 14.1. The number of carbonyl (C=O) groups excluding carboxylic acids is 1. The molecule has 1 heterocycles. The van der Waals surface area contributed by atoms with Gasteiger partial charge in [-0.3, -0.25) is 4.79 Å². The molecule has 1 N–H and O–H groups in total. The van der Waals surface area contributed by atoms with Crippen LogP contribution in [-0.2, 0) is 11.2 Å². The Kier molecular flexibility index (Phi) is 5.30. The van der Waals surface area contributed by atoms with Crippen LogP contribution < -0.4 is 5.32 Å². The second-order valence-corrected chi connectivity index (χ2v) is 6.33. The fourth-order valence-corrected chi connectivity index (χ4v) is 3.13. The zero-order chi connectivity index (χ0) is 17.6. The van der Waals surface area contributed by atoms with Crippen molar-refractivity contribution in [3.63, 3.8) is 0 Å². The van der Waals surface area contributed by atoms with Crippen LogP contribution in [0.15, 0.2) is 48.5 Å². The minimum absolute atomic E-state index is 0.169. The Labute approximate surface area is 146 Å². The predicted molar refractivity (Wildman–Crippen MR) is 94.4 cm³/mol. The predicted octanol–water partition coefficient (Wildman–Crippen LogP) is 3.20. The van der Waals surface area contributed by atoms with Crippen molar-refractivity contribution >= 4 is 11.6 Å². The summed E-state index contributed by atoms with van der Waals surface area (Å²) in [5, 5.41) is 12.3. The first-order valence-corrected chi connectivity index (χ1v) is 8.41. The number of nitrogens with one attached hydrogen (secondary N) is 1. The van der Waals surface area contributed by atoms with Gasteiger partial charge in [-0.25, -0.2) is 4.39 Å². The maximum absolute atomic E-state index is 13.2. The summed E-state index contributed by atoms with van der Waals surface area (Å²) in [6.45, 7) is 2.02. The normalized spacial score (nSPS) is 16.7. The average Bonchev–Trinajstić information content (AvgIpc) is 2.99. The van der Waals surface area contributed by atoms with Crippen molar-refractivity contribution in [3.05, 3.63) is 65.5 Å². The minimum Gasteiger partial charge on any atom is -0.384 e. The number of likely N-dealkylation sites (tertiary alicyclic amines) is 1. The van der Waals surface area contributed by atoms with E-state index in [1.54, 1.807) is 6.07 Å². The number of halogens is 1. The number of rotatable bonds is 6. The molecule has 1 saturated heterocycles. The molecule has 1 atom stereocenters. The van der Waals surface area contributed by atoms with Gasteiger partial charge in [0.2, 0.25) is 5.91 Å². The van der Waals surface area contributed by atoms with E-state index in [1.165, 1.54) is 17.7 Å². The molecule has 1 amide bonds. The molecule has 1 aliphatic rings. The molecule has 1 fully saturated rings. The van der Waals surface area contributed by atoms with E-state index < -0.39 is 5.82 Å². The van der Waals surface area contributed by atoms with Gasteiger partial charge in [-0.1, -0.05) is 30.3 Å². The smallest absolute Gasteiger partial charge is 0.223 e. The van der Waals surface area contributed by atoms with E-state index in [0.717, 1.165) is 13.0 Å². The molecule has 0 saturated carbocycles. The third-order valence-corrected chi connectivity index (χ3v) is 4.49. The van der Waals surface area contributed by atoms with Gasteiger partial charge in [-0.15, -0.1) is 0 Å². The van der Waals surface area contributed by atoms with Crippen LogP contribution in [0.3, 0.4) is 0 Å². The summed E-state index contributed by atoms with van der Waals surface area (Å²) in [6, 6.07) is 16.2. The topological polar surface area (TPSA) is 56.1 Å². The van der Waals surface area contributed by atoms with Crippen molar-refractivity contribution in [2.75, 3.05) is 25.0 Å². The highest BCUT2D eigenvalue weighted by Gasteiger charge is 2.29. The molecule has 0 spiro atoms. The molecule has 25 heavy (non-hydrogen) atoms. The number of benzene rings is 2. The molecule has 4 nitrogen and oxygen atoms in total. The standard InChI is InChI=1S/C20H20FN3O/c21-18-6-7-19(17(11-18)12-22)23-13-16-10-20(25)24(14-16)9-8-15-4-2-1-3-5-15/h1-7,11,16,23H,8-10,13-14H2/t16-/m0/s1. The van der Waals surface area contributed by atoms with Crippen molar-refractivity contribution in [1.82, 2.24) is 4.90 Å². The molecular weight excluding hydrogens is 317 g/mol. The number of hydrogen-bond donors (Lipinski definition) is 1. The second kappa shape index (κ2) is 7.80. The zero-order valence-electron chi connectivity index (χ0n) is 13.9. The Morgan fingerprint density at radius 3 is 2.80 bits per heavy atom. The third-order valence-electron chi connectivity index (χ3n) is 4.49. The van der Waals surface area contributed by atoms with Crippen LogP contribution in [0.2, 0.25) is 0 Å². The van der Waals surface area contributed by atoms with E-state index >= 15 is 0 Å². The van der Waals surface area contributed by atoms with E-state index in [0.29, 0.717) is 25.2 Å². The number of amides is 1. The van der Waals surface area contributed by atoms with E-state index in [-0.39, 0.29) is 17.4 Å². The van der Waals surface area contributed by atoms with Crippen LogP contribution in [0.4, 0.5) is 10.1 Å². The van der Waals surface area contributed by atoms with E-state index in [4.69, 9.17) is 5.26 Å². The molecule has 2 aromatic rings. The highest BCUT2D eigenvalue weighted by Crippen LogP contribution is 2.21. The van der Waals surface area contributed by atoms with Crippen LogP contribution in [-0.4, -0.2) is 30.4 Å². The molecule has 0 aromatic heterocycles. The van der Waals surface area contributed by atoms with Gasteiger partial charge >= 0.3 is 0 Å². The summed E-state index contributed by atoms with van der Waals surface area (Å²) in [7, 11) is 0. The van der Waals surface area contributed by atoms with Crippen LogP contribution in [0.25, 0.3) is 0 Å². The SMILES string of the molecule is N#Cc1cc(F)ccc1NC[C@@H]1CC(=O)N(CCc2ccccc2)C1. The molecule has 5 heteroatoms. The largest absolute Gasteiger partial charge is 0.384 e. The minimum atomic E-state index is -0.426. The van der Waals surface area contributed by atoms with Crippen molar-refractivity contribution in [1.29, 1.82) is 5.26 Å². The van der Waals surface area contributed by atoms with Crippen molar-refractivity contribution in [2.24, 2.45) is 5.92 Å². The lowest BCUT2D eigenvalue weighted by Gasteiger charge is -2.17. The summed E-state index contributed by atoms with van der Waals surface area (Å²) in [5.41, 5.74) is 2.12. The third kappa shape index (κ3) is 4.36. The Morgan fingerprint density at radius 2 is 2.04 bits per heavy atom. The summed E-state index contributed by atoms with van der Waals surface area (Å²) in [6.07, 6.45) is 1.36. The number of hydrogen-bond acceptors (Lipinski definition) is 3. The van der Waals surface area contributed by atoms with E-state index in [2.05, 4.69) is 17.4 Å². The molecule has 128 valence electrons. The highest BCUT2D eigenvalue weighted by atomic mass is 19.1. The zero-order valence-corrected chi connectivity index (χ0v) is 13.9. The molecule has 0 bridgehead atoms. The van der Waals surface area contributed by atoms with E-state index in [9.17, 15) is 9.18 Å². The maximum Gasteiger partial charge on any atom is 0.223 e. The monoisotopic (exact) mass is 337 g/mol. The first kappa shape index (κ1) is 17.0. The van der Waals surface area contributed by atoms with Gasteiger partial charge in [0.05, 0.1) is 11.3 Å². The van der Waals surface area contributed by atoms with Crippen LogP contribution >= 0.6 is 0 Å². The average molecular weight is 337 g/mol. The lowest BCUT2D eigenvalue weighted by molar-refractivity contribution is -0.127. The Balaban J connectivity index is 1.52. The van der Waals surface area contributed by atoms with Gasteiger partial charge in [0.25, 0.3) is 0 Å². The maximum atomic E-state index is 13.2. The van der Waals surface area contributed by atoms with Gasteiger partial charge in [0.1, 0.15) is 11.9 Å². The Hall–Kier alpha value is -2.87. The van der Waals surface area contributed by atoms with Crippen molar-refractivity contribution in [3.8, 4) is 6.07 Å². The first-order valence-electron chi connectivity index (χ1n) is 8.41. The van der Waals surface area contributed by atoms with E-state index in [1.807, 2.05) is 29.2 Å². The Morgan fingerprint density at radius 1 is 1.24 bits per heavy atom. The van der Waals surface area contributed by atoms with Crippen molar-refractivity contribution in [2.45, 2.75) is 12.8 Å². The van der Waals surface area contributed by atoms with Crippen LogP contribution in [0, 0.1) is 23.1 Å². The molecular formula is C20H20FN3O. The van der Waals surface area contributed by atoms with Gasteiger partial charge in [-0.05, 0) is 30.2 Å². The number of carbonyl (C=O) groups is 1. The number of nitriles is 1. The van der Waals surface area contributed by atoms with Crippen LogP contribution in [0.5, 0.6) is 0 Å². The lowest BCUT2D eigenvalue weighted by Crippen LogP contribution is -2.28. The second-order valence-electron chi connectivity index (χ2n) is 6.33. The molecule has 0 unspecified atom stereocenters. The molecule has 3 rings (SSSR count).